The predicted molar refractivity (Wildman–Crippen MR) is 51.4 cm³/mol. The maximum atomic E-state index is 4.11. The summed E-state index contributed by atoms with van der Waals surface area (Å²) in [5.41, 5.74) is 0. The molecule has 0 fully saturated rings. The van der Waals surface area contributed by atoms with Crippen LogP contribution in [-0.2, 0) is 0 Å². The van der Waals surface area contributed by atoms with Crippen LogP contribution >= 0.6 is 15.9 Å². The SMILES string of the molecule is CNc1nc(Br)nc(N(C)C)n1. The van der Waals surface area contributed by atoms with Crippen molar-refractivity contribution in [3.8, 4) is 0 Å². The zero-order valence-corrected chi connectivity index (χ0v) is 8.75. The average Bonchev–Trinajstić information content (AvgIpc) is 2.03. The van der Waals surface area contributed by atoms with Crippen LogP contribution < -0.4 is 10.2 Å². The van der Waals surface area contributed by atoms with Gasteiger partial charge in [0.05, 0.1) is 0 Å². The fourth-order valence-corrected chi connectivity index (χ4v) is 0.978. The summed E-state index contributed by atoms with van der Waals surface area (Å²) in [4.78, 5) is 14.0. The molecular weight excluding hydrogens is 222 g/mol. The Balaban J connectivity index is 3.06. The molecule has 6 heteroatoms. The lowest BCUT2D eigenvalue weighted by atomic mass is 10.8. The van der Waals surface area contributed by atoms with E-state index in [1.54, 1.807) is 7.05 Å². The highest BCUT2D eigenvalue weighted by Crippen LogP contribution is 2.10. The highest BCUT2D eigenvalue weighted by molar-refractivity contribution is 9.10. The van der Waals surface area contributed by atoms with Crippen LogP contribution in [0.5, 0.6) is 0 Å². The number of aromatic nitrogens is 3. The number of hydrogen-bond acceptors (Lipinski definition) is 5. The van der Waals surface area contributed by atoms with E-state index in [9.17, 15) is 0 Å². The summed E-state index contributed by atoms with van der Waals surface area (Å²) in [5, 5.41) is 2.84. The van der Waals surface area contributed by atoms with Crippen molar-refractivity contribution in [2.75, 3.05) is 31.4 Å². The van der Waals surface area contributed by atoms with Gasteiger partial charge >= 0.3 is 0 Å². The lowest BCUT2D eigenvalue weighted by molar-refractivity contribution is 0.938. The topological polar surface area (TPSA) is 53.9 Å². The summed E-state index contributed by atoms with van der Waals surface area (Å²) in [7, 11) is 5.52. The molecule has 0 aliphatic heterocycles. The monoisotopic (exact) mass is 231 g/mol. The van der Waals surface area contributed by atoms with Crippen LogP contribution in [0.25, 0.3) is 0 Å². The minimum Gasteiger partial charge on any atom is -0.357 e. The maximum Gasteiger partial charge on any atom is 0.230 e. The summed E-state index contributed by atoms with van der Waals surface area (Å²) >= 11 is 3.19. The Kier molecular flexibility index (Phi) is 2.80. The summed E-state index contributed by atoms with van der Waals surface area (Å²) in [5.74, 6) is 1.18. The third-order valence-electron chi connectivity index (χ3n) is 1.22. The lowest BCUT2D eigenvalue weighted by Gasteiger charge is -2.10. The molecule has 12 heavy (non-hydrogen) atoms. The number of nitrogens with one attached hydrogen (secondary N) is 1. The predicted octanol–water partition coefficient (Wildman–Crippen LogP) is 0.742. The van der Waals surface area contributed by atoms with E-state index in [1.165, 1.54) is 0 Å². The van der Waals surface area contributed by atoms with Gasteiger partial charge in [-0.2, -0.15) is 15.0 Å². The van der Waals surface area contributed by atoms with E-state index in [0.717, 1.165) is 0 Å². The van der Waals surface area contributed by atoms with E-state index < -0.39 is 0 Å². The van der Waals surface area contributed by atoms with Crippen LogP contribution in [0.4, 0.5) is 11.9 Å². The molecule has 1 aromatic rings. The van der Waals surface area contributed by atoms with Gasteiger partial charge in [-0.15, -0.1) is 0 Å². The molecule has 1 rings (SSSR count). The smallest absolute Gasteiger partial charge is 0.230 e. The first kappa shape index (κ1) is 9.18. The van der Waals surface area contributed by atoms with Crippen molar-refractivity contribution in [2.45, 2.75) is 0 Å². The molecule has 1 aromatic heterocycles. The first-order valence-corrected chi connectivity index (χ1v) is 4.19. The van der Waals surface area contributed by atoms with Crippen LogP contribution in [-0.4, -0.2) is 36.1 Å². The minimum absolute atomic E-state index is 0.533. The number of rotatable bonds is 2. The molecule has 0 saturated heterocycles. The Hall–Kier alpha value is -0.910. The summed E-state index contributed by atoms with van der Waals surface area (Å²) < 4.78 is 0.533. The molecule has 0 aliphatic carbocycles. The van der Waals surface area contributed by atoms with Crippen molar-refractivity contribution in [3.05, 3.63) is 4.73 Å². The third kappa shape index (κ3) is 2.04. The average molecular weight is 232 g/mol. The highest BCUT2D eigenvalue weighted by Gasteiger charge is 2.03. The van der Waals surface area contributed by atoms with E-state index in [1.807, 2.05) is 19.0 Å². The molecule has 0 atom stereocenters. The third-order valence-corrected chi connectivity index (χ3v) is 1.57. The van der Waals surface area contributed by atoms with E-state index in [4.69, 9.17) is 0 Å². The lowest BCUT2D eigenvalue weighted by Crippen LogP contribution is -2.14. The standard InChI is InChI=1S/C6H10BrN5/c1-8-5-9-4(7)10-6(11-5)12(2)3/h1-3H3,(H,8,9,10,11). The van der Waals surface area contributed by atoms with Crippen LogP contribution in [0.1, 0.15) is 0 Å². The zero-order valence-electron chi connectivity index (χ0n) is 7.17. The van der Waals surface area contributed by atoms with Crippen LogP contribution in [0.3, 0.4) is 0 Å². The Morgan fingerprint density at radius 2 is 1.92 bits per heavy atom. The molecule has 0 saturated carbocycles. The Bertz CT molecular complexity index is 275. The molecule has 0 spiro atoms. The quantitative estimate of drug-likeness (QED) is 0.815. The molecule has 5 nitrogen and oxygen atoms in total. The van der Waals surface area contributed by atoms with Crippen molar-refractivity contribution >= 4 is 27.8 Å². The molecule has 0 aliphatic rings. The van der Waals surface area contributed by atoms with Crippen molar-refractivity contribution in [1.29, 1.82) is 0 Å². The van der Waals surface area contributed by atoms with Gasteiger partial charge in [0.2, 0.25) is 16.6 Å². The van der Waals surface area contributed by atoms with Crippen LogP contribution in [0, 0.1) is 0 Å². The molecule has 0 amide bonds. The van der Waals surface area contributed by atoms with Gasteiger partial charge in [-0.1, -0.05) is 0 Å². The Morgan fingerprint density at radius 3 is 2.42 bits per heavy atom. The zero-order chi connectivity index (χ0) is 9.14. The van der Waals surface area contributed by atoms with Gasteiger partial charge in [-0.05, 0) is 15.9 Å². The minimum atomic E-state index is 0.533. The number of anilines is 2. The number of nitrogens with zero attached hydrogens (tertiary/aromatic N) is 4. The van der Waals surface area contributed by atoms with Gasteiger partial charge < -0.3 is 10.2 Å². The van der Waals surface area contributed by atoms with Gasteiger partial charge in [0, 0.05) is 21.1 Å². The fourth-order valence-electron chi connectivity index (χ4n) is 0.651. The molecule has 66 valence electrons. The molecule has 1 heterocycles. The summed E-state index contributed by atoms with van der Waals surface area (Å²) in [6, 6.07) is 0. The van der Waals surface area contributed by atoms with Gasteiger partial charge in [0.1, 0.15) is 0 Å². The first-order chi connectivity index (χ1) is 5.63. The first-order valence-electron chi connectivity index (χ1n) is 3.40. The number of hydrogen-bond donors (Lipinski definition) is 1. The Labute approximate surface area is 79.4 Å². The van der Waals surface area contributed by atoms with Gasteiger partial charge in [0.25, 0.3) is 0 Å². The van der Waals surface area contributed by atoms with Crippen LogP contribution in [0.2, 0.25) is 0 Å². The normalized spacial score (nSPS) is 9.67. The highest BCUT2D eigenvalue weighted by atomic mass is 79.9. The van der Waals surface area contributed by atoms with Crippen molar-refractivity contribution in [2.24, 2.45) is 0 Å². The van der Waals surface area contributed by atoms with Gasteiger partial charge in [0.15, 0.2) is 0 Å². The molecular formula is C6H10BrN5. The summed E-state index contributed by atoms with van der Waals surface area (Å²) in [6.07, 6.45) is 0. The summed E-state index contributed by atoms with van der Waals surface area (Å²) in [6.45, 7) is 0. The van der Waals surface area contributed by atoms with E-state index in [2.05, 4.69) is 36.2 Å². The van der Waals surface area contributed by atoms with Gasteiger partial charge in [-0.25, -0.2) is 0 Å². The second-order valence-electron chi connectivity index (χ2n) is 2.37. The second kappa shape index (κ2) is 3.66. The van der Waals surface area contributed by atoms with Gasteiger partial charge in [-0.3, -0.25) is 0 Å². The van der Waals surface area contributed by atoms with Crippen LogP contribution in [0.15, 0.2) is 4.73 Å². The largest absolute Gasteiger partial charge is 0.357 e. The molecule has 0 unspecified atom stereocenters. The van der Waals surface area contributed by atoms with Crippen molar-refractivity contribution in [3.63, 3.8) is 0 Å². The number of halogens is 1. The van der Waals surface area contributed by atoms with E-state index >= 15 is 0 Å². The second-order valence-corrected chi connectivity index (χ2v) is 3.08. The Morgan fingerprint density at radius 1 is 1.25 bits per heavy atom. The molecule has 1 N–H and O–H groups in total. The van der Waals surface area contributed by atoms with Crippen molar-refractivity contribution in [1.82, 2.24) is 15.0 Å². The van der Waals surface area contributed by atoms with E-state index in [-0.39, 0.29) is 0 Å². The molecule has 0 bridgehead atoms. The van der Waals surface area contributed by atoms with Crippen molar-refractivity contribution < 1.29 is 0 Å². The fraction of sp³-hybridized carbons (Fsp3) is 0.500. The molecule has 0 aromatic carbocycles. The molecule has 0 radical (unpaired) electrons. The maximum absolute atomic E-state index is 4.11. The van der Waals surface area contributed by atoms with E-state index in [0.29, 0.717) is 16.6 Å².